The van der Waals surface area contributed by atoms with E-state index in [1.807, 2.05) is 25.9 Å². The quantitative estimate of drug-likeness (QED) is 0.627. The van der Waals surface area contributed by atoms with Gasteiger partial charge in [-0.05, 0) is 26.8 Å². The maximum Gasteiger partial charge on any atom is 0.159 e. The van der Waals surface area contributed by atoms with Crippen LogP contribution in [0.1, 0.15) is 13.8 Å². The zero-order valence-corrected chi connectivity index (χ0v) is 8.57. The molecule has 0 aromatic carbocycles. The van der Waals surface area contributed by atoms with Crippen LogP contribution >= 0.6 is 11.8 Å². The molecule has 11 heavy (non-hydrogen) atoms. The number of likely N-dealkylation sites (N-methyl/N-ethyl adjacent to an activating group) is 1. The van der Waals surface area contributed by atoms with Crippen molar-refractivity contribution in [3.8, 4) is 0 Å². The summed E-state index contributed by atoms with van der Waals surface area (Å²) in [6.07, 6.45) is 0. The van der Waals surface area contributed by atoms with E-state index >= 15 is 0 Å². The van der Waals surface area contributed by atoms with Gasteiger partial charge in [0.2, 0.25) is 0 Å². The predicted molar refractivity (Wildman–Crippen MR) is 51.2 cm³/mol. The van der Waals surface area contributed by atoms with Crippen molar-refractivity contribution in [2.45, 2.75) is 19.1 Å². The lowest BCUT2D eigenvalue weighted by Gasteiger charge is -2.12. The number of hydrogen-bond donors (Lipinski definition) is 0. The first kappa shape index (κ1) is 11.0. The van der Waals surface area contributed by atoms with Crippen molar-refractivity contribution >= 4 is 17.5 Å². The van der Waals surface area contributed by atoms with Crippen LogP contribution in [-0.2, 0) is 4.79 Å². The summed E-state index contributed by atoms with van der Waals surface area (Å²) in [7, 11) is 3.84. The molecule has 0 saturated carbocycles. The molecular formula is C8H17NOS. The van der Waals surface area contributed by atoms with Gasteiger partial charge in [-0.2, -0.15) is 11.8 Å². The maximum atomic E-state index is 11.3. The summed E-state index contributed by atoms with van der Waals surface area (Å²) in [5, 5.41) is 0.155. The van der Waals surface area contributed by atoms with Gasteiger partial charge in [-0.15, -0.1) is 0 Å². The van der Waals surface area contributed by atoms with E-state index in [0.29, 0.717) is 12.3 Å². The summed E-state index contributed by atoms with van der Waals surface area (Å²) in [4.78, 5) is 13.2. The highest BCUT2D eigenvalue weighted by atomic mass is 32.2. The fraction of sp³-hybridized carbons (Fsp3) is 0.875. The average Bonchev–Trinajstić information content (AvgIpc) is 1.86. The molecule has 0 radical (unpaired) electrons. The number of rotatable bonds is 5. The summed E-state index contributed by atoms with van der Waals surface area (Å²) in [6.45, 7) is 4.61. The second kappa shape index (κ2) is 5.61. The molecule has 0 spiro atoms. The van der Waals surface area contributed by atoms with Crippen molar-refractivity contribution in [3.05, 3.63) is 0 Å². The van der Waals surface area contributed by atoms with Gasteiger partial charge in [0.1, 0.15) is 0 Å². The molecule has 0 saturated heterocycles. The largest absolute Gasteiger partial charge is 0.302 e. The molecule has 0 bridgehead atoms. The van der Waals surface area contributed by atoms with Crippen LogP contribution in [0, 0.1) is 0 Å². The molecule has 0 rings (SSSR count). The van der Waals surface area contributed by atoms with E-state index < -0.39 is 0 Å². The van der Waals surface area contributed by atoms with E-state index in [2.05, 4.69) is 6.92 Å². The molecule has 1 unspecified atom stereocenters. The Morgan fingerprint density at radius 3 is 2.45 bits per heavy atom. The third kappa shape index (κ3) is 5.27. The molecule has 2 nitrogen and oxygen atoms in total. The van der Waals surface area contributed by atoms with E-state index in [0.717, 1.165) is 5.75 Å². The summed E-state index contributed by atoms with van der Waals surface area (Å²) < 4.78 is 0. The molecule has 3 heteroatoms. The Hall–Kier alpha value is -0.0200. The minimum absolute atomic E-state index is 0.155. The van der Waals surface area contributed by atoms with Gasteiger partial charge < -0.3 is 4.90 Å². The number of Topliss-reactive ketones (excluding diaryl/α,β-unsaturated/α-hetero) is 1. The number of carbonyl (C=O) groups is 1. The number of carbonyl (C=O) groups excluding carboxylic acids is 1. The molecular weight excluding hydrogens is 158 g/mol. The van der Waals surface area contributed by atoms with E-state index in [9.17, 15) is 4.79 Å². The Bertz CT molecular complexity index is 125. The molecule has 0 aliphatic carbocycles. The first-order chi connectivity index (χ1) is 5.07. The molecule has 0 aromatic rings. The van der Waals surface area contributed by atoms with Crippen LogP contribution < -0.4 is 0 Å². The number of nitrogens with zero attached hydrogens (tertiary/aromatic N) is 1. The first-order valence-corrected chi connectivity index (χ1v) is 4.91. The Morgan fingerprint density at radius 2 is 2.09 bits per heavy atom. The minimum atomic E-state index is 0.155. The minimum Gasteiger partial charge on any atom is -0.302 e. The topological polar surface area (TPSA) is 20.3 Å². The van der Waals surface area contributed by atoms with Gasteiger partial charge >= 0.3 is 0 Å². The zero-order valence-electron chi connectivity index (χ0n) is 7.76. The van der Waals surface area contributed by atoms with E-state index in [1.54, 1.807) is 11.8 Å². The standard InChI is InChI=1S/C8H17NOS/c1-5-11-7(2)8(10)6-9(3)4/h7H,5-6H2,1-4H3. The number of thioether (sulfide) groups is 1. The molecule has 0 aromatic heterocycles. The van der Waals surface area contributed by atoms with E-state index in [1.165, 1.54) is 0 Å². The van der Waals surface area contributed by atoms with Gasteiger partial charge in [-0.3, -0.25) is 4.79 Å². The highest BCUT2D eigenvalue weighted by Gasteiger charge is 2.12. The smallest absolute Gasteiger partial charge is 0.159 e. The van der Waals surface area contributed by atoms with Crippen molar-refractivity contribution in [2.75, 3.05) is 26.4 Å². The maximum absolute atomic E-state index is 11.3. The zero-order chi connectivity index (χ0) is 8.85. The van der Waals surface area contributed by atoms with Crippen molar-refractivity contribution in [1.82, 2.24) is 4.90 Å². The van der Waals surface area contributed by atoms with Gasteiger partial charge in [-0.1, -0.05) is 6.92 Å². The lowest BCUT2D eigenvalue weighted by molar-refractivity contribution is -0.118. The molecule has 0 N–H and O–H groups in total. The second-order valence-corrected chi connectivity index (χ2v) is 4.42. The highest BCUT2D eigenvalue weighted by molar-refractivity contribution is 8.00. The number of ketones is 1. The van der Waals surface area contributed by atoms with Crippen LogP contribution in [0.25, 0.3) is 0 Å². The third-order valence-corrected chi connectivity index (χ3v) is 2.44. The van der Waals surface area contributed by atoms with Crippen LogP contribution in [0.5, 0.6) is 0 Å². The van der Waals surface area contributed by atoms with E-state index in [-0.39, 0.29) is 5.25 Å². The van der Waals surface area contributed by atoms with Gasteiger partial charge in [0.15, 0.2) is 5.78 Å². The predicted octanol–water partition coefficient (Wildman–Crippen LogP) is 1.26. The van der Waals surface area contributed by atoms with Crippen LogP contribution in [0.15, 0.2) is 0 Å². The van der Waals surface area contributed by atoms with Gasteiger partial charge in [0, 0.05) is 0 Å². The molecule has 66 valence electrons. The summed E-state index contributed by atoms with van der Waals surface area (Å²) in [6, 6.07) is 0. The Balaban J connectivity index is 3.64. The summed E-state index contributed by atoms with van der Waals surface area (Å²) in [5.74, 6) is 1.34. The third-order valence-electron chi connectivity index (χ3n) is 1.34. The van der Waals surface area contributed by atoms with Crippen LogP contribution in [0.3, 0.4) is 0 Å². The second-order valence-electron chi connectivity index (χ2n) is 2.80. The van der Waals surface area contributed by atoms with Gasteiger partial charge in [0.05, 0.1) is 11.8 Å². The Morgan fingerprint density at radius 1 is 1.55 bits per heavy atom. The normalized spacial score (nSPS) is 13.5. The Kier molecular flexibility index (Phi) is 5.60. The van der Waals surface area contributed by atoms with Crippen LogP contribution in [0.4, 0.5) is 0 Å². The first-order valence-electron chi connectivity index (χ1n) is 3.87. The molecule has 0 aliphatic rings. The molecule has 0 amide bonds. The lowest BCUT2D eigenvalue weighted by Crippen LogP contribution is -2.27. The fourth-order valence-electron chi connectivity index (χ4n) is 0.783. The molecule has 0 fully saturated rings. The van der Waals surface area contributed by atoms with Crippen molar-refractivity contribution in [2.24, 2.45) is 0 Å². The summed E-state index contributed by atoms with van der Waals surface area (Å²) in [5.41, 5.74) is 0. The SMILES string of the molecule is CCSC(C)C(=O)CN(C)C. The van der Waals surface area contributed by atoms with Crippen LogP contribution in [0.2, 0.25) is 0 Å². The fourth-order valence-corrected chi connectivity index (χ4v) is 1.54. The van der Waals surface area contributed by atoms with Crippen LogP contribution in [-0.4, -0.2) is 42.3 Å². The van der Waals surface area contributed by atoms with Gasteiger partial charge in [0.25, 0.3) is 0 Å². The highest BCUT2D eigenvalue weighted by Crippen LogP contribution is 2.10. The number of hydrogen-bond acceptors (Lipinski definition) is 3. The molecule has 0 heterocycles. The average molecular weight is 175 g/mol. The van der Waals surface area contributed by atoms with E-state index in [4.69, 9.17) is 0 Å². The lowest BCUT2D eigenvalue weighted by atomic mass is 10.3. The monoisotopic (exact) mass is 175 g/mol. The summed E-state index contributed by atoms with van der Waals surface area (Å²) >= 11 is 1.71. The van der Waals surface area contributed by atoms with Crippen molar-refractivity contribution in [1.29, 1.82) is 0 Å². The van der Waals surface area contributed by atoms with Gasteiger partial charge in [-0.25, -0.2) is 0 Å². The molecule has 1 atom stereocenters. The van der Waals surface area contributed by atoms with Crippen molar-refractivity contribution < 1.29 is 4.79 Å². The Labute approximate surface area is 73.3 Å². The molecule has 0 aliphatic heterocycles. The van der Waals surface area contributed by atoms with Crippen molar-refractivity contribution in [3.63, 3.8) is 0 Å².